The van der Waals surface area contributed by atoms with Crippen LogP contribution in [0.3, 0.4) is 0 Å². The first-order valence-electron chi connectivity index (χ1n) is 15.7. The number of nitrogens with one attached hydrogen (secondary N) is 6. The van der Waals surface area contributed by atoms with Crippen molar-refractivity contribution in [2.24, 2.45) is 0 Å². The highest BCUT2D eigenvalue weighted by Gasteiger charge is 2.34. The molecule has 0 aromatic heterocycles. The maximum atomic E-state index is 13.6. The fraction of sp³-hybridized carbons (Fsp3) is 0.419. The topological polar surface area (TPSA) is 316 Å². The molecule has 0 bridgehead atoms. The molecule has 0 spiro atoms. The van der Waals surface area contributed by atoms with Crippen molar-refractivity contribution in [2.45, 2.75) is 57.5 Å². The zero-order valence-electron chi connectivity index (χ0n) is 29.4. The molecule has 0 radical (unpaired) electrons. The Morgan fingerprint density at radius 1 is 0.536 bits per heavy atom. The Kier molecular flexibility index (Phi) is 20.0. The van der Waals surface area contributed by atoms with E-state index in [2.05, 4.69) is 31.9 Å². The number of aliphatic hydroxyl groups is 7. The summed E-state index contributed by atoms with van der Waals surface area (Å²) in [6, 6.07) is 0. The fourth-order valence-electron chi connectivity index (χ4n) is 4.16. The Bertz CT molecular complexity index is 1780. The summed E-state index contributed by atoms with van der Waals surface area (Å²) in [6.07, 6.45) is -4.37. The smallest absolute Gasteiger partial charge is 0.255 e. The van der Waals surface area contributed by atoms with Crippen LogP contribution in [0.15, 0.2) is 0 Å². The van der Waals surface area contributed by atoms with Crippen molar-refractivity contribution in [3.05, 3.63) is 43.7 Å². The highest BCUT2D eigenvalue weighted by atomic mass is 127. The summed E-state index contributed by atoms with van der Waals surface area (Å²) in [5, 5.41) is 84.4. The molecule has 19 nitrogen and oxygen atoms in total. The molecule has 56 heavy (non-hydrogen) atoms. The molecule has 2 aromatic rings. The van der Waals surface area contributed by atoms with Gasteiger partial charge >= 0.3 is 0 Å². The average Bonchev–Trinajstić information content (AvgIpc) is 3.09. The van der Waals surface area contributed by atoms with Crippen molar-refractivity contribution in [3.63, 3.8) is 0 Å². The van der Waals surface area contributed by atoms with Crippen LogP contribution in [0.2, 0.25) is 0 Å². The molecule has 0 aliphatic rings. The van der Waals surface area contributed by atoms with E-state index in [-0.39, 0.29) is 55.0 Å². The van der Waals surface area contributed by atoms with E-state index in [0.717, 1.165) is 13.8 Å². The van der Waals surface area contributed by atoms with Crippen molar-refractivity contribution in [1.82, 2.24) is 21.3 Å². The second-order valence-corrected chi connectivity index (χ2v) is 18.8. The zero-order chi connectivity index (χ0) is 43.2. The zero-order valence-corrected chi connectivity index (χ0v) is 42.4. The lowest BCUT2D eigenvalue weighted by molar-refractivity contribution is -0.123. The summed E-state index contributed by atoms with van der Waals surface area (Å²) >= 11 is 10.5. The molecule has 25 heteroatoms. The molecule has 0 aliphatic carbocycles. The van der Waals surface area contributed by atoms with E-state index < -0.39 is 91.5 Å². The molecule has 0 saturated heterocycles. The van der Waals surface area contributed by atoms with Crippen LogP contribution in [-0.2, 0) is 9.59 Å². The van der Waals surface area contributed by atoms with Crippen molar-refractivity contribution in [3.8, 4) is 0 Å². The number of anilines is 2. The van der Waals surface area contributed by atoms with E-state index >= 15 is 0 Å². The molecule has 0 saturated carbocycles. The lowest BCUT2D eigenvalue weighted by atomic mass is 10.1. The number of carbonyl (C=O) groups excluding carboxylic acids is 6. The minimum atomic E-state index is -2.05. The van der Waals surface area contributed by atoms with Gasteiger partial charge in [-0.1, -0.05) is 0 Å². The lowest BCUT2D eigenvalue weighted by Crippen LogP contribution is -2.49. The quantitative estimate of drug-likeness (QED) is 0.0798. The second kappa shape index (κ2) is 21.7. The summed E-state index contributed by atoms with van der Waals surface area (Å²) in [5.74, 6) is -5.18. The Morgan fingerprint density at radius 3 is 1.05 bits per heavy atom. The van der Waals surface area contributed by atoms with E-state index in [9.17, 15) is 64.5 Å². The van der Waals surface area contributed by atoms with Crippen LogP contribution in [0, 0.1) is 21.4 Å². The van der Waals surface area contributed by atoms with Crippen molar-refractivity contribution >= 4 is 182 Å². The van der Waals surface area contributed by atoms with Crippen LogP contribution in [0.25, 0.3) is 0 Å². The number of carbonyl (C=O) groups is 6. The summed E-state index contributed by atoms with van der Waals surface area (Å²) < 4.78 is 0.725. The maximum absolute atomic E-state index is 13.6. The SMILES string of the molecule is CC(O)C(=O)Nc1c(I)c(C(=O)NCC(O)CNC(=O)c2c(I)c(NC(=O)C(C)O)c(I)c(C(=O)NC(C)(O)CO)c2I)c(I)c(C(=O)NC(C)(O)CO)c1I. The molecular formula is C31H36I6N6O13. The Labute approximate surface area is 401 Å². The molecule has 0 heterocycles. The predicted molar refractivity (Wildman–Crippen MR) is 251 cm³/mol. The lowest BCUT2D eigenvalue weighted by Gasteiger charge is -2.25. The number of rotatable bonds is 16. The second-order valence-electron chi connectivity index (χ2n) is 12.3. The van der Waals surface area contributed by atoms with Crippen molar-refractivity contribution in [2.75, 3.05) is 36.9 Å². The number of hydrogen-bond donors (Lipinski definition) is 13. The molecule has 4 atom stereocenters. The van der Waals surface area contributed by atoms with Gasteiger partial charge in [-0.2, -0.15) is 0 Å². The standard InChI is InChI=1S/C31H36I6N6O13/c1-9(46)24(49)40-22-18(34)12(16(32)14(20(22)36)28(53)42-30(3,55)7-44)26(51)38-5-11(48)6-39-27(52)13-17(33)15(29(54)43-31(4,56)8-45)21(37)23(19(13)35)41-25(50)10(2)47/h9-11,44-48,55-56H,5-8H2,1-4H3,(H,38,51)(H,39,52)(H,40,49)(H,41,50)(H,42,53)(H,43,54). The van der Waals surface area contributed by atoms with Crippen LogP contribution in [0.4, 0.5) is 11.4 Å². The Morgan fingerprint density at radius 2 is 0.804 bits per heavy atom. The van der Waals surface area contributed by atoms with E-state index in [1.54, 1.807) is 136 Å². The molecule has 6 amide bonds. The van der Waals surface area contributed by atoms with Gasteiger partial charge in [-0.05, 0) is 163 Å². The van der Waals surface area contributed by atoms with Gasteiger partial charge in [0, 0.05) is 20.2 Å². The highest BCUT2D eigenvalue weighted by molar-refractivity contribution is 14.1. The van der Waals surface area contributed by atoms with Crippen LogP contribution < -0.4 is 31.9 Å². The van der Waals surface area contributed by atoms with Crippen LogP contribution in [-0.4, -0.2) is 127 Å². The number of halogens is 6. The highest BCUT2D eigenvalue weighted by Crippen LogP contribution is 2.37. The molecular weight excluding hydrogens is 1430 g/mol. The summed E-state index contributed by atoms with van der Waals surface area (Å²) in [6.45, 7) is 2.05. The van der Waals surface area contributed by atoms with Gasteiger partial charge in [-0.15, -0.1) is 0 Å². The number of aliphatic hydroxyl groups excluding tert-OH is 5. The van der Waals surface area contributed by atoms with Gasteiger partial charge in [0.1, 0.15) is 12.2 Å². The molecule has 2 rings (SSSR count). The van der Waals surface area contributed by atoms with E-state index in [1.165, 1.54) is 13.8 Å². The molecule has 4 unspecified atom stereocenters. The van der Waals surface area contributed by atoms with Gasteiger partial charge in [0.25, 0.3) is 35.4 Å². The first-order chi connectivity index (χ1) is 25.7. The summed E-state index contributed by atoms with van der Waals surface area (Å²) in [4.78, 5) is 78.8. The van der Waals surface area contributed by atoms with E-state index in [1.807, 2.05) is 0 Å². The minimum absolute atomic E-state index is 0.0111. The van der Waals surface area contributed by atoms with Gasteiger partial charge in [0.05, 0.1) is 67.2 Å². The monoisotopic (exact) mass is 1460 g/mol. The van der Waals surface area contributed by atoms with E-state index in [0.29, 0.717) is 0 Å². The number of hydrogen-bond acceptors (Lipinski definition) is 13. The first kappa shape index (κ1) is 51.5. The molecule has 0 aliphatic heterocycles. The predicted octanol–water partition coefficient (Wildman–Crippen LogP) is 0.335. The van der Waals surface area contributed by atoms with Crippen molar-refractivity contribution in [1.29, 1.82) is 0 Å². The van der Waals surface area contributed by atoms with Gasteiger partial charge in [0.2, 0.25) is 0 Å². The summed E-state index contributed by atoms with van der Waals surface area (Å²) in [7, 11) is 0. The summed E-state index contributed by atoms with van der Waals surface area (Å²) in [5.41, 5.74) is -4.69. The van der Waals surface area contributed by atoms with Gasteiger partial charge < -0.3 is 67.6 Å². The molecule has 2 aromatic carbocycles. The molecule has 310 valence electrons. The Hall–Kier alpha value is -0.640. The first-order valence-corrected chi connectivity index (χ1v) is 22.1. The fourth-order valence-corrected chi connectivity index (χ4v) is 13.0. The maximum Gasteiger partial charge on any atom is 0.255 e. The number of amides is 6. The normalized spacial score (nSPS) is 14.9. The third kappa shape index (κ3) is 13.2. The van der Waals surface area contributed by atoms with Gasteiger partial charge in [-0.25, -0.2) is 0 Å². The third-order valence-electron chi connectivity index (χ3n) is 7.18. The van der Waals surface area contributed by atoms with Crippen molar-refractivity contribution < 1.29 is 64.5 Å². The molecule has 0 fully saturated rings. The largest absolute Gasteiger partial charge is 0.391 e. The minimum Gasteiger partial charge on any atom is -0.391 e. The van der Waals surface area contributed by atoms with Crippen LogP contribution in [0.1, 0.15) is 69.1 Å². The van der Waals surface area contributed by atoms with E-state index in [4.69, 9.17) is 0 Å². The average molecular weight is 1460 g/mol. The van der Waals surface area contributed by atoms with Crippen LogP contribution >= 0.6 is 136 Å². The molecule has 13 N–H and O–H groups in total. The number of benzene rings is 2. The third-order valence-corrected chi connectivity index (χ3v) is 13.6. The van der Waals surface area contributed by atoms with Gasteiger partial charge in [0.15, 0.2) is 11.4 Å². The Balaban J connectivity index is 2.46. The van der Waals surface area contributed by atoms with Crippen LogP contribution in [0.5, 0.6) is 0 Å². The van der Waals surface area contributed by atoms with Gasteiger partial charge in [-0.3, -0.25) is 28.8 Å².